The molecule has 1 aliphatic rings. The molecule has 4 rings (SSSR count). The number of aromatic nitrogens is 1. The number of nitrogens with zero attached hydrogens (tertiary/aromatic N) is 1. The summed E-state index contributed by atoms with van der Waals surface area (Å²) >= 11 is 6.01. The fourth-order valence-electron chi connectivity index (χ4n) is 4.54. The van der Waals surface area contributed by atoms with Gasteiger partial charge < -0.3 is 15.0 Å². The highest BCUT2D eigenvalue weighted by Crippen LogP contribution is 2.29. The van der Waals surface area contributed by atoms with E-state index >= 15 is 0 Å². The Morgan fingerprint density at radius 1 is 1.10 bits per heavy atom. The molecule has 1 heterocycles. The molecular weight excluding hydrogens is 412 g/mol. The van der Waals surface area contributed by atoms with Gasteiger partial charge in [-0.05, 0) is 80.0 Å². The molecule has 0 saturated heterocycles. The molecule has 1 fully saturated rings. The number of carbonyl (C=O) groups is 2. The number of aliphatic carboxylic acids is 1. The summed E-state index contributed by atoms with van der Waals surface area (Å²) in [5, 5.41) is 14.0. The van der Waals surface area contributed by atoms with Crippen molar-refractivity contribution in [3.8, 4) is 0 Å². The van der Waals surface area contributed by atoms with Gasteiger partial charge in [-0.3, -0.25) is 9.59 Å². The largest absolute Gasteiger partial charge is 0.481 e. The highest BCUT2D eigenvalue weighted by atomic mass is 35.5. The van der Waals surface area contributed by atoms with Gasteiger partial charge in [-0.1, -0.05) is 23.7 Å². The second-order valence-electron chi connectivity index (χ2n) is 8.59. The van der Waals surface area contributed by atoms with E-state index in [0.717, 1.165) is 34.9 Å². The van der Waals surface area contributed by atoms with Crippen LogP contribution in [0.5, 0.6) is 0 Å². The van der Waals surface area contributed by atoms with Crippen LogP contribution in [0.2, 0.25) is 5.02 Å². The highest BCUT2D eigenvalue weighted by molar-refractivity contribution is 6.30. The molecule has 2 aromatic carbocycles. The zero-order valence-corrected chi connectivity index (χ0v) is 18.4. The lowest BCUT2D eigenvalue weighted by atomic mass is 9.82. The van der Waals surface area contributed by atoms with Crippen LogP contribution in [0.3, 0.4) is 0 Å². The van der Waals surface area contributed by atoms with Crippen LogP contribution >= 0.6 is 11.6 Å². The van der Waals surface area contributed by atoms with Crippen molar-refractivity contribution in [2.45, 2.75) is 39.2 Å². The maximum Gasteiger partial charge on any atom is 0.306 e. The molecule has 2 N–H and O–H groups in total. The average molecular weight is 439 g/mol. The number of hydrogen-bond donors (Lipinski definition) is 2. The van der Waals surface area contributed by atoms with Crippen LogP contribution < -0.4 is 5.32 Å². The molecular formula is C25H27ClN2O3. The van der Waals surface area contributed by atoms with Crippen molar-refractivity contribution in [2.24, 2.45) is 11.8 Å². The molecule has 1 saturated carbocycles. The molecule has 1 aromatic heterocycles. The zero-order valence-electron chi connectivity index (χ0n) is 17.6. The number of nitrogens with one attached hydrogen (secondary N) is 1. The standard InChI is InChI=1S/C25H27ClN2O3/c1-16-12-20-10-11-28(15-18-4-8-21(26)9-5-18)23(20)22(13-16)24(29)27-14-17-2-6-19(7-3-17)25(30)31/h4-5,8-13,17,19H,2-3,6-7,14-15H2,1H3,(H,27,29)(H,30,31). The van der Waals surface area contributed by atoms with Gasteiger partial charge in [0.1, 0.15) is 0 Å². The summed E-state index contributed by atoms with van der Waals surface area (Å²) in [5.74, 6) is -0.684. The van der Waals surface area contributed by atoms with E-state index in [2.05, 4.69) is 16.0 Å². The molecule has 1 amide bonds. The number of amides is 1. The minimum Gasteiger partial charge on any atom is -0.481 e. The van der Waals surface area contributed by atoms with Crippen molar-refractivity contribution in [3.63, 3.8) is 0 Å². The van der Waals surface area contributed by atoms with Crippen LogP contribution in [0.15, 0.2) is 48.7 Å². The Kier molecular flexibility index (Phi) is 6.33. The van der Waals surface area contributed by atoms with Gasteiger partial charge in [-0.25, -0.2) is 0 Å². The maximum absolute atomic E-state index is 13.1. The smallest absolute Gasteiger partial charge is 0.306 e. The Morgan fingerprint density at radius 3 is 2.48 bits per heavy atom. The summed E-state index contributed by atoms with van der Waals surface area (Å²) in [4.78, 5) is 24.3. The van der Waals surface area contributed by atoms with Crippen molar-refractivity contribution >= 4 is 34.4 Å². The van der Waals surface area contributed by atoms with Crippen molar-refractivity contribution in [1.29, 1.82) is 0 Å². The molecule has 0 spiro atoms. The van der Waals surface area contributed by atoms with Crippen LogP contribution in [-0.4, -0.2) is 28.1 Å². The van der Waals surface area contributed by atoms with E-state index in [9.17, 15) is 9.59 Å². The summed E-state index contributed by atoms with van der Waals surface area (Å²) < 4.78 is 2.10. The maximum atomic E-state index is 13.1. The summed E-state index contributed by atoms with van der Waals surface area (Å²) in [6.45, 7) is 3.24. The molecule has 6 heteroatoms. The number of carboxylic acid groups (broad SMARTS) is 1. The Balaban J connectivity index is 1.51. The fourth-order valence-corrected chi connectivity index (χ4v) is 4.66. The number of carbonyl (C=O) groups excluding carboxylic acids is 1. The first kappa shape index (κ1) is 21.4. The minimum atomic E-state index is -0.703. The van der Waals surface area contributed by atoms with Gasteiger partial charge in [0.25, 0.3) is 5.91 Å². The minimum absolute atomic E-state index is 0.0786. The van der Waals surface area contributed by atoms with E-state index in [4.69, 9.17) is 16.7 Å². The highest BCUT2D eigenvalue weighted by Gasteiger charge is 2.26. The van der Waals surface area contributed by atoms with Gasteiger partial charge >= 0.3 is 5.97 Å². The molecule has 0 bridgehead atoms. The number of fused-ring (bicyclic) bond motifs is 1. The van der Waals surface area contributed by atoms with E-state index < -0.39 is 5.97 Å². The zero-order chi connectivity index (χ0) is 22.0. The van der Waals surface area contributed by atoms with Crippen LogP contribution in [-0.2, 0) is 11.3 Å². The summed E-state index contributed by atoms with van der Waals surface area (Å²) in [7, 11) is 0. The Labute approximate surface area is 187 Å². The van der Waals surface area contributed by atoms with Gasteiger partial charge in [0, 0.05) is 29.7 Å². The van der Waals surface area contributed by atoms with Crippen molar-refractivity contribution < 1.29 is 14.7 Å². The predicted molar refractivity (Wildman–Crippen MR) is 123 cm³/mol. The third kappa shape index (κ3) is 4.93. The first-order valence-corrected chi connectivity index (χ1v) is 11.1. The lowest BCUT2D eigenvalue weighted by Crippen LogP contribution is -2.32. The number of aryl methyl sites for hydroxylation is 1. The van der Waals surface area contributed by atoms with Gasteiger partial charge in [0.2, 0.25) is 0 Å². The normalized spacial score (nSPS) is 18.8. The van der Waals surface area contributed by atoms with Gasteiger partial charge in [-0.15, -0.1) is 0 Å². The molecule has 0 aliphatic heterocycles. The molecule has 162 valence electrons. The fraction of sp³-hybridized carbons (Fsp3) is 0.360. The number of carboxylic acids is 1. The summed E-state index contributed by atoms with van der Waals surface area (Å²) in [6, 6.07) is 13.8. The Bertz CT molecular complexity index is 1100. The quantitative estimate of drug-likeness (QED) is 0.550. The van der Waals surface area contributed by atoms with E-state index in [1.165, 1.54) is 0 Å². The van der Waals surface area contributed by atoms with Crippen LogP contribution in [0.1, 0.15) is 47.2 Å². The third-order valence-electron chi connectivity index (χ3n) is 6.26. The van der Waals surface area contributed by atoms with Crippen molar-refractivity contribution in [3.05, 3.63) is 70.4 Å². The van der Waals surface area contributed by atoms with Crippen LogP contribution in [0.4, 0.5) is 0 Å². The lowest BCUT2D eigenvalue weighted by Gasteiger charge is -2.26. The van der Waals surface area contributed by atoms with Crippen LogP contribution in [0, 0.1) is 18.8 Å². The third-order valence-corrected chi connectivity index (χ3v) is 6.52. The number of halogens is 1. The first-order valence-electron chi connectivity index (χ1n) is 10.8. The first-order chi connectivity index (χ1) is 14.9. The van der Waals surface area contributed by atoms with E-state index in [1.807, 2.05) is 49.5 Å². The second kappa shape index (κ2) is 9.15. The molecule has 31 heavy (non-hydrogen) atoms. The average Bonchev–Trinajstić information content (AvgIpc) is 3.15. The van der Waals surface area contributed by atoms with Gasteiger partial charge in [0.05, 0.1) is 17.0 Å². The topological polar surface area (TPSA) is 71.3 Å². The number of rotatable bonds is 6. The van der Waals surface area contributed by atoms with Gasteiger partial charge in [-0.2, -0.15) is 0 Å². The summed E-state index contributed by atoms with van der Waals surface area (Å²) in [5.41, 5.74) is 3.76. The van der Waals surface area contributed by atoms with E-state index in [0.29, 0.717) is 42.4 Å². The van der Waals surface area contributed by atoms with Crippen LogP contribution in [0.25, 0.3) is 10.9 Å². The lowest BCUT2D eigenvalue weighted by molar-refractivity contribution is -0.143. The Morgan fingerprint density at radius 2 is 1.81 bits per heavy atom. The SMILES string of the molecule is Cc1cc(C(=O)NCC2CCC(C(=O)O)CC2)c2c(ccn2Cc2ccc(Cl)cc2)c1. The molecule has 5 nitrogen and oxygen atoms in total. The summed E-state index contributed by atoms with van der Waals surface area (Å²) in [6.07, 6.45) is 5.08. The Hall–Kier alpha value is -2.79. The number of hydrogen-bond acceptors (Lipinski definition) is 2. The molecule has 0 atom stereocenters. The number of benzene rings is 2. The second-order valence-corrected chi connectivity index (χ2v) is 9.02. The molecule has 3 aromatic rings. The van der Waals surface area contributed by atoms with Gasteiger partial charge in [0.15, 0.2) is 0 Å². The van der Waals surface area contributed by atoms with E-state index in [1.54, 1.807) is 0 Å². The monoisotopic (exact) mass is 438 g/mol. The molecule has 1 aliphatic carbocycles. The predicted octanol–water partition coefficient (Wildman–Crippen LogP) is 5.27. The molecule has 0 unspecified atom stereocenters. The van der Waals surface area contributed by atoms with Crippen molar-refractivity contribution in [1.82, 2.24) is 9.88 Å². The van der Waals surface area contributed by atoms with Crippen molar-refractivity contribution in [2.75, 3.05) is 6.54 Å². The van der Waals surface area contributed by atoms with E-state index in [-0.39, 0.29) is 11.8 Å². The molecule has 0 radical (unpaired) electrons.